The van der Waals surface area contributed by atoms with Crippen molar-refractivity contribution in [1.29, 1.82) is 5.41 Å². The van der Waals surface area contributed by atoms with Crippen LogP contribution in [0.25, 0.3) is 11.1 Å². The summed E-state index contributed by atoms with van der Waals surface area (Å²) < 4.78 is 0. The average molecular weight is 417 g/mol. The largest absolute Gasteiger partial charge is 0.342 e. The van der Waals surface area contributed by atoms with Gasteiger partial charge in [-0.25, -0.2) is 4.98 Å². The van der Waals surface area contributed by atoms with Gasteiger partial charge in [0.2, 0.25) is 5.91 Å². The molecule has 31 heavy (non-hydrogen) atoms. The lowest BCUT2D eigenvalue weighted by molar-refractivity contribution is -0.133. The van der Waals surface area contributed by atoms with E-state index in [1.807, 2.05) is 42.2 Å². The van der Waals surface area contributed by atoms with Gasteiger partial charge in [-0.1, -0.05) is 37.3 Å². The molecular formula is C25H28N4O2. The van der Waals surface area contributed by atoms with E-state index in [2.05, 4.69) is 9.97 Å². The average Bonchev–Trinajstić information content (AvgIpc) is 3.24. The maximum absolute atomic E-state index is 12.7. The second kappa shape index (κ2) is 9.25. The van der Waals surface area contributed by atoms with Gasteiger partial charge in [-0.2, -0.15) is 0 Å². The van der Waals surface area contributed by atoms with Crippen LogP contribution in [0.5, 0.6) is 0 Å². The van der Waals surface area contributed by atoms with Crippen LogP contribution in [0, 0.1) is 11.3 Å². The highest BCUT2D eigenvalue weighted by atomic mass is 16.2. The van der Waals surface area contributed by atoms with E-state index < -0.39 is 0 Å². The zero-order chi connectivity index (χ0) is 21.8. The van der Waals surface area contributed by atoms with Gasteiger partial charge in [0.15, 0.2) is 5.78 Å². The smallest absolute Gasteiger partial charge is 0.222 e. The second-order valence-electron chi connectivity index (χ2n) is 8.32. The number of hydrogen-bond acceptors (Lipinski definition) is 4. The Bertz CT molecular complexity index is 1050. The maximum atomic E-state index is 12.7. The molecule has 4 rings (SSSR count). The quantitative estimate of drug-likeness (QED) is 0.696. The molecule has 1 saturated heterocycles. The van der Waals surface area contributed by atoms with Crippen molar-refractivity contribution < 1.29 is 9.59 Å². The molecule has 2 N–H and O–H groups in total. The first-order chi connectivity index (χ1) is 15.0. The van der Waals surface area contributed by atoms with E-state index in [1.165, 1.54) is 6.08 Å². The van der Waals surface area contributed by atoms with Gasteiger partial charge in [0.05, 0.1) is 5.71 Å². The van der Waals surface area contributed by atoms with Gasteiger partial charge in [-0.3, -0.25) is 9.59 Å². The number of allylic oxidation sites excluding steroid dienone is 4. The molecule has 1 aliphatic heterocycles. The van der Waals surface area contributed by atoms with Gasteiger partial charge >= 0.3 is 0 Å². The summed E-state index contributed by atoms with van der Waals surface area (Å²) in [6.45, 7) is 3.67. The molecule has 1 fully saturated rings. The summed E-state index contributed by atoms with van der Waals surface area (Å²) in [5, 5.41) is 8.43. The number of benzene rings is 1. The van der Waals surface area contributed by atoms with Crippen LogP contribution < -0.4 is 0 Å². The van der Waals surface area contributed by atoms with Crippen LogP contribution in [-0.2, 0) is 16.0 Å². The highest BCUT2D eigenvalue weighted by Gasteiger charge is 2.25. The summed E-state index contributed by atoms with van der Waals surface area (Å²) in [6.07, 6.45) is 9.32. The van der Waals surface area contributed by atoms with Crippen LogP contribution >= 0.6 is 0 Å². The molecule has 2 aliphatic rings. The van der Waals surface area contributed by atoms with Crippen LogP contribution in [0.3, 0.4) is 0 Å². The Morgan fingerprint density at radius 3 is 2.81 bits per heavy atom. The number of nitrogens with zero attached hydrogens (tertiary/aromatic N) is 2. The van der Waals surface area contributed by atoms with Crippen molar-refractivity contribution >= 4 is 28.5 Å². The molecule has 6 nitrogen and oxygen atoms in total. The zero-order valence-electron chi connectivity index (χ0n) is 17.9. The van der Waals surface area contributed by atoms with Crippen molar-refractivity contribution in [3.05, 3.63) is 65.8 Å². The number of carbonyl (C=O) groups is 2. The number of aromatic nitrogens is 2. The minimum Gasteiger partial charge on any atom is -0.342 e. The van der Waals surface area contributed by atoms with Gasteiger partial charge in [0.1, 0.15) is 5.82 Å². The van der Waals surface area contributed by atoms with Gasteiger partial charge in [-0.05, 0) is 49.3 Å². The molecule has 1 aromatic heterocycles. The highest BCUT2D eigenvalue weighted by molar-refractivity contribution is 6.44. The summed E-state index contributed by atoms with van der Waals surface area (Å²) in [5.41, 5.74) is 3.10. The number of rotatable bonds is 6. The molecule has 2 heterocycles. The minimum atomic E-state index is -0.118. The molecule has 0 bridgehead atoms. The predicted octanol–water partition coefficient (Wildman–Crippen LogP) is 4.06. The van der Waals surface area contributed by atoms with E-state index in [9.17, 15) is 9.59 Å². The lowest BCUT2D eigenvalue weighted by atomic mass is 9.91. The highest BCUT2D eigenvalue weighted by Crippen LogP contribution is 2.27. The molecule has 0 saturated carbocycles. The Morgan fingerprint density at radius 1 is 1.23 bits per heavy atom. The number of hydrogen-bond donors (Lipinski definition) is 2. The van der Waals surface area contributed by atoms with E-state index in [0.29, 0.717) is 29.3 Å². The SMILES string of the molecule is CCCC(=O)N1CCCC(Cc2cnc(C3=CC(=O)C(c4ccccc4)=CC3=N)[nH]2)C1. The molecule has 1 unspecified atom stereocenters. The monoisotopic (exact) mass is 416 g/mol. The molecule has 160 valence electrons. The van der Waals surface area contributed by atoms with Crippen LogP contribution in [0.4, 0.5) is 0 Å². The Balaban J connectivity index is 1.44. The minimum absolute atomic E-state index is 0.118. The summed E-state index contributed by atoms with van der Waals surface area (Å²) in [6, 6.07) is 9.42. The molecule has 1 aromatic carbocycles. The lowest BCUT2D eigenvalue weighted by Crippen LogP contribution is -2.40. The number of carbonyl (C=O) groups excluding carboxylic acids is 2. The third-order valence-corrected chi connectivity index (χ3v) is 5.93. The molecule has 2 aromatic rings. The van der Waals surface area contributed by atoms with Crippen molar-refractivity contribution in [2.75, 3.05) is 13.1 Å². The summed E-state index contributed by atoms with van der Waals surface area (Å²) in [5.74, 6) is 1.07. The Labute approximate surface area is 182 Å². The number of H-pyrrole nitrogens is 1. The van der Waals surface area contributed by atoms with Crippen molar-refractivity contribution in [2.45, 2.75) is 39.0 Å². The van der Waals surface area contributed by atoms with E-state index >= 15 is 0 Å². The van der Waals surface area contributed by atoms with Crippen molar-refractivity contribution in [2.24, 2.45) is 5.92 Å². The second-order valence-corrected chi connectivity index (χ2v) is 8.32. The number of nitrogens with one attached hydrogen (secondary N) is 2. The van der Waals surface area contributed by atoms with Crippen LogP contribution in [0.15, 0.2) is 48.7 Å². The fraction of sp³-hybridized carbons (Fsp3) is 0.360. The molecule has 1 amide bonds. The summed E-state index contributed by atoms with van der Waals surface area (Å²) in [7, 11) is 0. The number of likely N-dealkylation sites (tertiary alicyclic amines) is 1. The Morgan fingerprint density at radius 2 is 2.03 bits per heavy atom. The van der Waals surface area contributed by atoms with Crippen molar-refractivity contribution in [3.63, 3.8) is 0 Å². The normalized spacial score (nSPS) is 19.3. The maximum Gasteiger partial charge on any atom is 0.222 e. The Kier molecular flexibility index (Phi) is 6.26. The molecule has 0 radical (unpaired) electrons. The van der Waals surface area contributed by atoms with Gasteiger partial charge in [0.25, 0.3) is 0 Å². The first kappa shape index (κ1) is 21.0. The number of piperidine rings is 1. The first-order valence-corrected chi connectivity index (χ1v) is 11.0. The van der Waals surface area contributed by atoms with Crippen molar-refractivity contribution in [1.82, 2.24) is 14.9 Å². The fourth-order valence-electron chi connectivity index (χ4n) is 4.36. The third-order valence-electron chi connectivity index (χ3n) is 5.93. The van der Waals surface area contributed by atoms with Gasteiger partial charge in [-0.15, -0.1) is 0 Å². The summed E-state index contributed by atoms with van der Waals surface area (Å²) in [4.78, 5) is 34.7. The van der Waals surface area contributed by atoms with Crippen molar-refractivity contribution in [3.8, 4) is 0 Å². The number of aromatic amines is 1. The van der Waals surface area contributed by atoms with E-state index in [-0.39, 0.29) is 17.4 Å². The summed E-state index contributed by atoms with van der Waals surface area (Å²) >= 11 is 0. The van der Waals surface area contributed by atoms with Gasteiger partial charge < -0.3 is 15.3 Å². The number of amides is 1. The van der Waals surface area contributed by atoms with E-state index in [1.54, 1.807) is 12.3 Å². The predicted molar refractivity (Wildman–Crippen MR) is 122 cm³/mol. The fourth-order valence-corrected chi connectivity index (χ4v) is 4.36. The standard InChI is InChI=1S/C25H28N4O2/c1-2-7-24(31)29-11-6-8-17(16-29)12-19-15-27-25(28-19)21-14-23(30)20(13-22(21)26)18-9-4-3-5-10-18/h3-5,9-10,13-15,17,26H,2,6-8,11-12,16H2,1H3,(H,27,28). The zero-order valence-corrected chi connectivity index (χ0v) is 17.9. The first-order valence-electron chi connectivity index (χ1n) is 11.0. The lowest BCUT2D eigenvalue weighted by Gasteiger charge is -2.32. The molecule has 6 heteroatoms. The van der Waals surface area contributed by atoms with E-state index in [0.717, 1.165) is 50.0 Å². The van der Waals surface area contributed by atoms with E-state index in [4.69, 9.17) is 5.41 Å². The van der Waals surface area contributed by atoms with Crippen LogP contribution in [0.1, 0.15) is 49.7 Å². The third kappa shape index (κ3) is 4.74. The number of imidazole rings is 1. The van der Waals surface area contributed by atoms with Crippen LogP contribution in [-0.4, -0.2) is 45.4 Å². The van der Waals surface area contributed by atoms with Gasteiger partial charge in [0, 0.05) is 42.5 Å². The Hall–Kier alpha value is -3.28. The number of ketones is 1. The topological polar surface area (TPSA) is 89.9 Å². The molecule has 1 aliphatic carbocycles. The molecule has 1 atom stereocenters. The molecule has 0 spiro atoms. The van der Waals surface area contributed by atoms with Crippen LogP contribution in [0.2, 0.25) is 0 Å². The molecular weight excluding hydrogens is 388 g/mol.